The minimum atomic E-state index is -0.399. The third-order valence-electron chi connectivity index (χ3n) is 5.25. The van der Waals surface area contributed by atoms with Crippen molar-refractivity contribution in [2.24, 2.45) is 7.05 Å². The van der Waals surface area contributed by atoms with E-state index in [4.69, 9.17) is 4.74 Å². The van der Waals surface area contributed by atoms with Crippen molar-refractivity contribution < 1.29 is 14.6 Å². The fourth-order valence-electron chi connectivity index (χ4n) is 3.71. The lowest BCUT2D eigenvalue weighted by Gasteiger charge is -2.28. The summed E-state index contributed by atoms with van der Waals surface area (Å²) in [5, 5.41) is 14.0. The first-order valence-electron chi connectivity index (χ1n) is 9.42. The van der Waals surface area contributed by atoms with Crippen molar-refractivity contribution in [3.05, 3.63) is 60.3 Å². The molecule has 0 radical (unpaired) electrons. The SMILES string of the molecule is Cn1c(C(=O)Nc2ccc(O[C@H]3CCCC[C@@H]3O)cc2)cc2ccccc21. The Morgan fingerprint density at radius 1 is 1.11 bits per heavy atom. The van der Waals surface area contributed by atoms with Crippen LogP contribution in [0.25, 0.3) is 10.9 Å². The molecule has 4 rings (SSSR count). The van der Waals surface area contributed by atoms with E-state index in [0.29, 0.717) is 17.1 Å². The van der Waals surface area contributed by atoms with E-state index in [1.807, 2.05) is 66.2 Å². The number of carbonyl (C=O) groups excluding carboxylic acids is 1. The number of ether oxygens (including phenoxy) is 1. The molecule has 1 aliphatic carbocycles. The Morgan fingerprint density at radius 3 is 2.59 bits per heavy atom. The predicted octanol–water partition coefficient (Wildman–Crippen LogP) is 4.11. The number of nitrogens with zero attached hydrogens (tertiary/aromatic N) is 1. The summed E-state index contributed by atoms with van der Waals surface area (Å²) >= 11 is 0. The molecule has 1 amide bonds. The second kappa shape index (κ2) is 7.45. The fourth-order valence-corrected chi connectivity index (χ4v) is 3.71. The summed E-state index contributed by atoms with van der Waals surface area (Å²) in [6.07, 6.45) is 3.27. The number of rotatable bonds is 4. The number of carbonyl (C=O) groups is 1. The third-order valence-corrected chi connectivity index (χ3v) is 5.25. The van der Waals surface area contributed by atoms with Crippen LogP contribution in [0, 0.1) is 0 Å². The number of para-hydroxylation sites is 1. The van der Waals surface area contributed by atoms with Crippen LogP contribution in [0.4, 0.5) is 5.69 Å². The average molecular weight is 364 g/mol. The molecule has 1 heterocycles. The predicted molar refractivity (Wildman–Crippen MR) is 106 cm³/mol. The number of aliphatic hydroxyl groups is 1. The molecule has 2 atom stereocenters. The largest absolute Gasteiger partial charge is 0.488 e. The lowest BCUT2D eigenvalue weighted by atomic mass is 9.95. The first-order chi connectivity index (χ1) is 13.1. The topological polar surface area (TPSA) is 63.5 Å². The van der Waals surface area contributed by atoms with Crippen LogP contribution in [0.1, 0.15) is 36.2 Å². The number of amides is 1. The van der Waals surface area contributed by atoms with E-state index in [-0.39, 0.29) is 12.0 Å². The molecule has 0 aliphatic heterocycles. The molecule has 5 nitrogen and oxygen atoms in total. The highest BCUT2D eigenvalue weighted by Gasteiger charge is 2.24. The van der Waals surface area contributed by atoms with Crippen molar-refractivity contribution >= 4 is 22.5 Å². The molecule has 27 heavy (non-hydrogen) atoms. The maximum Gasteiger partial charge on any atom is 0.272 e. The van der Waals surface area contributed by atoms with Crippen molar-refractivity contribution in [3.8, 4) is 5.75 Å². The number of hydrogen-bond acceptors (Lipinski definition) is 3. The van der Waals surface area contributed by atoms with E-state index in [9.17, 15) is 9.90 Å². The zero-order valence-electron chi connectivity index (χ0n) is 15.4. The summed E-state index contributed by atoms with van der Waals surface area (Å²) in [6, 6.07) is 17.1. The minimum absolute atomic E-state index is 0.144. The van der Waals surface area contributed by atoms with Crippen molar-refractivity contribution in [3.63, 3.8) is 0 Å². The van der Waals surface area contributed by atoms with E-state index in [0.717, 1.165) is 36.6 Å². The van der Waals surface area contributed by atoms with Crippen molar-refractivity contribution in [2.75, 3.05) is 5.32 Å². The molecule has 2 N–H and O–H groups in total. The summed E-state index contributed by atoms with van der Waals surface area (Å²) in [6.45, 7) is 0. The second-order valence-corrected chi connectivity index (χ2v) is 7.13. The van der Waals surface area contributed by atoms with Gasteiger partial charge < -0.3 is 19.7 Å². The number of benzene rings is 2. The van der Waals surface area contributed by atoms with Crippen molar-refractivity contribution in [1.29, 1.82) is 0 Å². The molecule has 0 unspecified atom stereocenters. The molecule has 0 bridgehead atoms. The van der Waals surface area contributed by atoms with Crippen LogP contribution in [-0.2, 0) is 7.05 Å². The maximum atomic E-state index is 12.7. The zero-order chi connectivity index (χ0) is 18.8. The van der Waals surface area contributed by atoms with Crippen molar-refractivity contribution in [1.82, 2.24) is 4.57 Å². The molecule has 3 aromatic rings. The van der Waals surface area contributed by atoms with Crippen LogP contribution < -0.4 is 10.1 Å². The fraction of sp³-hybridized carbons (Fsp3) is 0.318. The third kappa shape index (κ3) is 3.69. The zero-order valence-corrected chi connectivity index (χ0v) is 15.4. The number of nitrogens with one attached hydrogen (secondary N) is 1. The summed E-state index contributed by atoms with van der Waals surface area (Å²) < 4.78 is 7.80. The van der Waals surface area contributed by atoms with E-state index >= 15 is 0 Å². The molecule has 2 aromatic carbocycles. The number of fused-ring (bicyclic) bond motifs is 1. The van der Waals surface area contributed by atoms with Gasteiger partial charge in [-0.2, -0.15) is 0 Å². The summed E-state index contributed by atoms with van der Waals surface area (Å²) in [7, 11) is 1.89. The van der Waals surface area contributed by atoms with Gasteiger partial charge in [-0.1, -0.05) is 24.6 Å². The van der Waals surface area contributed by atoms with Gasteiger partial charge in [0, 0.05) is 23.6 Å². The van der Waals surface area contributed by atoms with Crippen LogP contribution in [0.15, 0.2) is 54.6 Å². The quantitative estimate of drug-likeness (QED) is 0.732. The standard InChI is InChI=1S/C22H24N2O3/c1-24-18-7-3-2-6-15(18)14-19(24)22(26)23-16-10-12-17(13-11-16)27-21-9-5-4-8-20(21)25/h2-3,6-7,10-14,20-21,25H,4-5,8-9H2,1H3,(H,23,26)/t20-,21-/m0/s1. The normalized spacial score (nSPS) is 19.8. The van der Waals surface area contributed by atoms with Gasteiger partial charge >= 0.3 is 0 Å². The number of anilines is 1. The van der Waals surface area contributed by atoms with Crippen molar-refractivity contribution in [2.45, 2.75) is 37.9 Å². The monoisotopic (exact) mass is 364 g/mol. The smallest absolute Gasteiger partial charge is 0.272 e. The molecular weight excluding hydrogens is 340 g/mol. The van der Waals surface area contributed by atoms with Crippen LogP contribution in [0.5, 0.6) is 5.75 Å². The van der Waals surface area contributed by atoms with Gasteiger partial charge in [-0.3, -0.25) is 4.79 Å². The van der Waals surface area contributed by atoms with Gasteiger partial charge in [0.1, 0.15) is 17.5 Å². The number of aliphatic hydroxyl groups excluding tert-OH is 1. The summed E-state index contributed by atoms with van der Waals surface area (Å²) in [5.74, 6) is 0.564. The first kappa shape index (κ1) is 17.6. The van der Waals surface area contributed by atoms with Crippen LogP contribution in [-0.4, -0.2) is 27.8 Å². The van der Waals surface area contributed by atoms with Crippen LogP contribution in [0.3, 0.4) is 0 Å². The Balaban J connectivity index is 1.44. The lowest BCUT2D eigenvalue weighted by molar-refractivity contribution is 0.00688. The van der Waals surface area contributed by atoms with Gasteiger partial charge in [0.2, 0.25) is 0 Å². The molecule has 1 aliphatic rings. The highest BCUT2D eigenvalue weighted by atomic mass is 16.5. The van der Waals surface area contributed by atoms with Gasteiger partial charge in [-0.15, -0.1) is 0 Å². The van der Waals surface area contributed by atoms with E-state index in [1.54, 1.807) is 0 Å². The first-order valence-corrected chi connectivity index (χ1v) is 9.42. The molecule has 0 saturated heterocycles. The highest BCUT2D eigenvalue weighted by molar-refractivity contribution is 6.06. The summed E-state index contributed by atoms with van der Waals surface area (Å²) in [5.41, 5.74) is 2.35. The van der Waals surface area contributed by atoms with E-state index in [1.165, 1.54) is 0 Å². The second-order valence-electron chi connectivity index (χ2n) is 7.13. The van der Waals surface area contributed by atoms with Gasteiger partial charge in [-0.05, 0) is 55.7 Å². The minimum Gasteiger partial charge on any atom is -0.488 e. The van der Waals surface area contributed by atoms with Gasteiger partial charge in [0.25, 0.3) is 5.91 Å². The maximum absolute atomic E-state index is 12.7. The Bertz CT molecular complexity index is 946. The molecule has 1 saturated carbocycles. The Hall–Kier alpha value is -2.79. The van der Waals surface area contributed by atoms with Gasteiger partial charge in [-0.25, -0.2) is 0 Å². The Morgan fingerprint density at radius 2 is 1.85 bits per heavy atom. The van der Waals surface area contributed by atoms with Gasteiger partial charge in [0.05, 0.1) is 6.10 Å². The molecule has 1 aromatic heterocycles. The van der Waals surface area contributed by atoms with Gasteiger partial charge in [0.15, 0.2) is 0 Å². The van der Waals surface area contributed by atoms with Crippen LogP contribution in [0.2, 0.25) is 0 Å². The molecular formula is C22H24N2O3. The lowest BCUT2D eigenvalue weighted by Crippen LogP contribution is -2.34. The number of aromatic nitrogens is 1. The summed E-state index contributed by atoms with van der Waals surface area (Å²) in [4.78, 5) is 12.7. The average Bonchev–Trinajstić information content (AvgIpc) is 3.02. The molecule has 0 spiro atoms. The molecule has 140 valence electrons. The number of hydrogen-bond donors (Lipinski definition) is 2. The molecule has 1 fully saturated rings. The Kier molecular flexibility index (Phi) is 4.86. The van der Waals surface area contributed by atoms with E-state index in [2.05, 4.69) is 5.32 Å². The Labute approximate surface area is 158 Å². The van der Waals surface area contributed by atoms with E-state index < -0.39 is 6.10 Å². The van der Waals surface area contributed by atoms with Crippen LogP contribution >= 0.6 is 0 Å². The molecule has 5 heteroatoms. The number of aryl methyl sites for hydroxylation is 1. The highest BCUT2D eigenvalue weighted by Crippen LogP contribution is 2.25.